The largest absolute Gasteiger partial charge is 0.373 e. The maximum absolute atomic E-state index is 4.67. The van der Waals surface area contributed by atoms with E-state index in [2.05, 4.69) is 40.7 Å². The average molecular weight is 294 g/mol. The molecule has 4 nitrogen and oxygen atoms in total. The molecule has 1 aromatic heterocycles. The third-order valence-electron chi connectivity index (χ3n) is 3.85. The lowest BCUT2D eigenvalue weighted by Crippen LogP contribution is -2.34. The van der Waals surface area contributed by atoms with Crippen LogP contribution in [-0.4, -0.2) is 34.6 Å². The molecule has 0 aromatic carbocycles. The molecule has 1 aromatic rings. The predicted molar refractivity (Wildman–Crippen MR) is 88.8 cm³/mol. The Morgan fingerprint density at radius 3 is 2.55 bits per heavy atom. The number of nitrogens with zero attached hydrogens (tertiary/aromatic N) is 2. The first-order valence-corrected chi connectivity index (χ1v) is 8.79. The molecule has 112 valence electrons. The summed E-state index contributed by atoms with van der Waals surface area (Å²) in [5, 5.41) is 7.46. The van der Waals surface area contributed by atoms with Crippen molar-refractivity contribution in [1.82, 2.24) is 9.97 Å². The molecule has 1 heterocycles. The van der Waals surface area contributed by atoms with Crippen molar-refractivity contribution in [1.29, 1.82) is 0 Å². The molecule has 0 aliphatic heterocycles. The molecule has 20 heavy (non-hydrogen) atoms. The molecule has 2 rings (SSSR count). The van der Waals surface area contributed by atoms with Gasteiger partial charge in [0.05, 0.1) is 0 Å². The second-order valence-electron chi connectivity index (χ2n) is 5.71. The lowest BCUT2D eigenvalue weighted by atomic mass is 9.95. The van der Waals surface area contributed by atoms with E-state index in [1.807, 2.05) is 24.9 Å². The van der Waals surface area contributed by atoms with E-state index in [0.717, 1.165) is 17.5 Å². The molecular weight excluding hydrogens is 268 g/mol. The second-order valence-corrected chi connectivity index (χ2v) is 6.79. The topological polar surface area (TPSA) is 49.8 Å². The lowest BCUT2D eigenvalue weighted by Gasteiger charge is -2.31. The van der Waals surface area contributed by atoms with Crippen LogP contribution in [0.25, 0.3) is 0 Å². The minimum atomic E-state index is 0.339. The smallest absolute Gasteiger partial charge is 0.135 e. The SMILES string of the molecule is CNc1cc(NC2CCCCC2SC)nc(C(C)C)n1. The molecule has 0 bridgehead atoms. The van der Waals surface area contributed by atoms with Gasteiger partial charge in [-0.3, -0.25) is 0 Å². The fraction of sp³-hybridized carbons (Fsp3) is 0.733. The molecule has 0 spiro atoms. The van der Waals surface area contributed by atoms with Crippen molar-refractivity contribution in [3.8, 4) is 0 Å². The van der Waals surface area contributed by atoms with Crippen LogP contribution in [0.4, 0.5) is 11.6 Å². The van der Waals surface area contributed by atoms with Gasteiger partial charge in [-0.05, 0) is 19.1 Å². The van der Waals surface area contributed by atoms with Crippen LogP contribution < -0.4 is 10.6 Å². The van der Waals surface area contributed by atoms with Crippen molar-refractivity contribution in [2.45, 2.75) is 56.7 Å². The summed E-state index contributed by atoms with van der Waals surface area (Å²) in [6, 6.07) is 2.54. The van der Waals surface area contributed by atoms with Crippen molar-refractivity contribution in [2.75, 3.05) is 23.9 Å². The summed E-state index contributed by atoms with van der Waals surface area (Å²) in [4.78, 5) is 9.19. The Morgan fingerprint density at radius 1 is 1.20 bits per heavy atom. The maximum Gasteiger partial charge on any atom is 0.135 e. The van der Waals surface area contributed by atoms with Crippen LogP contribution in [0.2, 0.25) is 0 Å². The summed E-state index contributed by atoms with van der Waals surface area (Å²) in [6.07, 6.45) is 7.42. The van der Waals surface area contributed by atoms with Gasteiger partial charge >= 0.3 is 0 Å². The lowest BCUT2D eigenvalue weighted by molar-refractivity contribution is 0.474. The summed E-state index contributed by atoms with van der Waals surface area (Å²) in [5.41, 5.74) is 0. The summed E-state index contributed by atoms with van der Waals surface area (Å²) < 4.78 is 0. The van der Waals surface area contributed by atoms with Gasteiger partial charge < -0.3 is 10.6 Å². The van der Waals surface area contributed by atoms with Gasteiger partial charge in [0.15, 0.2) is 0 Å². The van der Waals surface area contributed by atoms with E-state index < -0.39 is 0 Å². The van der Waals surface area contributed by atoms with Gasteiger partial charge in [0.2, 0.25) is 0 Å². The standard InChI is InChI=1S/C15H26N4S/c1-10(2)15-18-13(16-3)9-14(19-15)17-11-7-5-6-8-12(11)20-4/h9-12H,5-8H2,1-4H3,(H2,16,17,18,19). The summed E-state index contributed by atoms with van der Waals surface area (Å²) >= 11 is 1.97. The van der Waals surface area contributed by atoms with E-state index in [0.29, 0.717) is 17.2 Å². The molecule has 1 saturated carbocycles. The molecule has 2 atom stereocenters. The Balaban J connectivity index is 2.16. The number of hydrogen-bond acceptors (Lipinski definition) is 5. The molecule has 0 amide bonds. The van der Waals surface area contributed by atoms with Crippen LogP contribution in [0.5, 0.6) is 0 Å². The zero-order valence-electron chi connectivity index (χ0n) is 12.9. The minimum absolute atomic E-state index is 0.339. The molecular formula is C15H26N4S. The van der Waals surface area contributed by atoms with Gasteiger partial charge in [-0.2, -0.15) is 11.8 Å². The van der Waals surface area contributed by atoms with Crippen LogP contribution in [0.15, 0.2) is 6.07 Å². The first-order chi connectivity index (χ1) is 9.63. The van der Waals surface area contributed by atoms with Gasteiger partial charge in [-0.1, -0.05) is 26.7 Å². The fourth-order valence-electron chi connectivity index (χ4n) is 2.66. The molecule has 5 heteroatoms. The van der Waals surface area contributed by atoms with E-state index in [1.165, 1.54) is 25.7 Å². The highest BCUT2D eigenvalue weighted by atomic mass is 32.2. The predicted octanol–water partition coefficient (Wildman–Crippen LogP) is 3.73. The molecule has 0 saturated heterocycles. The molecule has 1 aliphatic rings. The number of anilines is 2. The van der Waals surface area contributed by atoms with Crippen molar-refractivity contribution in [2.24, 2.45) is 0 Å². The number of rotatable bonds is 5. The van der Waals surface area contributed by atoms with Crippen LogP contribution >= 0.6 is 11.8 Å². The van der Waals surface area contributed by atoms with Crippen LogP contribution in [0, 0.1) is 0 Å². The van der Waals surface area contributed by atoms with Crippen LogP contribution in [-0.2, 0) is 0 Å². The van der Waals surface area contributed by atoms with Crippen LogP contribution in [0.3, 0.4) is 0 Å². The normalized spacial score (nSPS) is 22.9. The van der Waals surface area contributed by atoms with Crippen molar-refractivity contribution >= 4 is 23.4 Å². The van der Waals surface area contributed by atoms with Crippen molar-refractivity contribution < 1.29 is 0 Å². The quantitative estimate of drug-likeness (QED) is 0.866. The monoisotopic (exact) mass is 294 g/mol. The average Bonchev–Trinajstić information content (AvgIpc) is 2.47. The summed E-state index contributed by atoms with van der Waals surface area (Å²) in [6.45, 7) is 4.26. The Labute approximate surface area is 126 Å². The number of hydrogen-bond donors (Lipinski definition) is 2. The summed E-state index contributed by atoms with van der Waals surface area (Å²) in [7, 11) is 1.90. The molecule has 1 fully saturated rings. The van der Waals surface area contributed by atoms with E-state index in [1.54, 1.807) is 0 Å². The number of aromatic nitrogens is 2. The molecule has 1 aliphatic carbocycles. The second kappa shape index (κ2) is 7.16. The minimum Gasteiger partial charge on any atom is -0.373 e. The Bertz CT molecular complexity index is 436. The molecule has 0 radical (unpaired) electrons. The van der Waals surface area contributed by atoms with E-state index in [-0.39, 0.29) is 0 Å². The first-order valence-electron chi connectivity index (χ1n) is 7.50. The zero-order chi connectivity index (χ0) is 14.5. The van der Waals surface area contributed by atoms with Crippen molar-refractivity contribution in [3.63, 3.8) is 0 Å². The van der Waals surface area contributed by atoms with E-state index in [9.17, 15) is 0 Å². The van der Waals surface area contributed by atoms with E-state index in [4.69, 9.17) is 0 Å². The first kappa shape index (κ1) is 15.4. The van der Waals surface area contributed by atoms with Gasteiger partial charge in [-0.15, -0.1) is 0 Å². The highest BCUT2D eigenvalue weighted by Gasteiger charge is 2.24. The highest BCUT2D eigenvalue weighted by Crippen LogP contribution is 2.29. The van der Waals surface area contributed by atoms with Gasteiger partial charge in [0.1, 0.15) is 17.5 Å². The third kappa shape index (κ3) is 3.78. The summed E-state index contributed by atoms with van der Waals surface area (Å²) in [5.74, 6) is 3.09. The van der Waals surface area contributed by atoms with Gasteiger partial charge in [0.25, 0.3) is 0 Å². The van der Waals surface area contributed by atoms with Gasteiger partial charge in [-0.25, -0.2) is 9.97 Å². The third-order valence-corrected chi connectivity index (χ3v) is 5.02. The maximum atomic E-state index is 4.67. The fourth-order valence-corrected chi connectivity index (χ4v) is 3.60. The Hall–Kier alpha value is -0.970. The highest BCUT2D eigenvalue weighted by molar-refractivity contribution is 7.99. The Morgan fingerprint density at radius 2 is 1.90 bits per heavy atom. The number of nitrogens with one attached hydrogen (secondary N) is 2. The van der Waals surface area contributed by atoms with Crippen molar-refractivity contribution in [3.05, 3.63) is 11.9 Å². The van der Waals surface area contributed by atoms with Gasteiger partial charge in [0, 0.05) is 30.3 Å². The van der Waals surface area contributed by atoms with E-state index >= 15 is 0 Å². The molecule has 2 N–H and O–H groups in total. The Kier molecular flexibility index (Phi) is 5.52. The molecule has 2 unspecified atom stereocenters. The van der Waals surface area contributed by atoms with Crippen LogP contribution in [0.1, 0.15) is 51.3 Å². The zero-order valence-corrected chi connectivity index (χ0v) is 13.8. The number of thioether (sulfide) groups is 1.